The van der Waals surface area contributed by atoms with Gasteiger partial charge in [0, 0.05) is 10.8 Å². The molecule has 28 heavy (non-hydrogen) atoms. The van der Waals surface area contributed by atoms with Crippen LogP contribution >= 0.6 is 7.92 Å². The molecule has 0 atom stereocenters. The van der Waals surface area contributed by atoms with Crippen molar-refractivity contribution in [3.8, 4) is 0 Å². The first-order chi connectivity index (χ1) is 13.9. The number of pyridine rings is 1. The molecular weight excluding hydrogens is 357 g/mol. The van der Waals surface area contributed by atoms with E-state index in [4.69, 9.17) is 4.98 Å². The number of hydrogen-bond acceptors (Lipinski definition) is 1. The van der Waals surface area contributed by atoms with Crippen LogP contribution in [0, 0.1) is 0 Å². The van der Waals surface area contributed by atoms with Crippen LogP contribution in [0.1, 0.15) is 69.8 Å². The van der Waals surface area contributed by atoms with Crippen LogP contribution in [0.2, 0.25) is 0 Å². The van der Waals surface area contributed by atoms with Crippen molar-refractivity contribution < 1.29 is 0 Å². The van der Waals surface area contributed by atoms with Crippen LogP contribution in [0.3, 0.4) is 0 Å². The summed E-state index contributed by atoms with van der Waals surface area (Å²) in [6.45, 7) is 0. The normalized spacial score (nSPS) is 19.6. The van der Waals surface area contributed by atoms with Crippen molar-refractivity contribution >= 4 is 29.7 Å². The van der Waals surface area contributed by atoms with E-state index < -0.39 is 0 Å². The highest BCUT2D eigenvalue weighted by molar-refractivity contribution is 7.58. The maximum atomic E-state index is 4.98. The van der Waals surface area contributed by atoms with E-state index in [1.807, 2.05) is 0 Å². The van der Waals surface area contributed by atoms with Gasteiger partial charge in [-0.05, 0) is 66.9 Å². The SMILES string of the molecule is c1ccc2nc3cccc(CP(C4CCCCC4)C4CCCCC4)c3cc2c1. The fourth-order valence-electron chi connectivity index (χ4n) is 5.58. The molecule has 1 aromatic heterocycles. The number of nitrogens with zero attached hydrogens (tertiary/aromatic N) is 1. The molecule has 3 aromatic rings. The summed E-state index contributed by atoms with van der Waals surface area (Å²) in [5.74, 6) is 0. The number of benzene rings is 2. The summed E-state index contributed by atoms with van der Waals surface area (Å²) in [7, 11) is 0.0825. The Morgan fingerprint density at radius 2 is 1.36 bits per heavy atom. The second-order valence-electron chi connectivity index (χ2n) is 8.92. The Balaban J connectivity index is 1.52. The van der Waals surface area contributed by atoms with Crippen LogP contribution in [0.5, 0.6) is 0 Å². The van der Waals surface area contributed by atoms with Crippen molar-refractivity contribution in [1.82, 2.24) is 4.98 Å². The van der Waals surface area contributed by atoms with Crippen molar-refractivity contribution in [3.05, 3.63) is 54.1 Å². The first kappa shape index (κ1) is 18.6. The maximum Gasteiger partial charge on any atom is 0.0712 e. The summed E-state index contributed by atoms with van der Waals surface area (Å²) in [4.78, 5) is 4.98. The minimum Gasteiger partial charge on any atom is -0.248 e. The van der Waals surface area contributed by atoms with E-state index in [0.29, 0.717) is 0 Å². The molecule has 0 bridgehead atoms. The Labute approximate surface area is 170 Å². The average Bonchev–Trinajstić information content (AvgIpc) is 2.77. The van der Waals surface area contributed by atoms with E-state index in [-0.39, 0.29) is 7.92 Å². The van der Waals surface area contributed by atoms with Crippen LogP contribution in [-0.2, 0) is 6.16 Å². The molecule has 0 saturated heterocycles. The molecule has 2 heteroatoms. The summed E-state index contributed by atoms with van der Waals surface area (Å²) in [6, 6.07) is 17.8. The highest BCUT2D eigenvalue weighted by Crippen LogP contribution is 2.58. The van der Waals surface area contributed by atoms with E-state index in [9.17, 15) is 0 Å². The topological polar surface area (TPSA) is 12.9 Å². The summed E-state index contributed by atoms with van der Waals surface area (Å²) in [6.07, 6.45) is 16.1. The molecule has 146 valence electrons. The smallest absolute Gasteiger partial charge is 0.0712 e. The van der Waals surface area contributed by atoms with Crippen molar-refractivity contribution in [2.75, 3.05) is 0 Å². The van der Waals surface area contributed by atoms with Gasteiger partial charge < -0.3 is 0 Å². The molecular formula is C26H32NP. The molecule has 0 spiro atoms. The standard InChI is InChI=1S/C26H32NP/c1-3-12-22(13-4-1)28(23-14-5-2-6-15-23)19-21-11-9-17-26-24(21)18-20-10-7-8-16-25(20)27-26/h7-11,16-18,22-23H,1-6,12-15,19H2. The molecule has 2 aliphatic rings. The molecule has 2 aromatic carbocycles. The quantitative estimate of drug-likeness (QED) is 0.325. The predicted molar refractivity (Wildman–Crippen MR) is 124 cm³/mol. The van der Waals surface area contributed by atoms with Gasteiger partial charge in [0.05, 0.1) is 11.0 Å². The fraction of sp³-hybridized carbons (Fsp3) is 0.500. The number of aromatic nitrogens is 1. The molecule has 0 unspecified atom stereocenters. The van der Waals surface area contributed by atoms with Gasteiger partial charge in [0.1, 0.15) is 0 Å². The van der Waals surface area contributed by atoms with Gasteiger partial charge in [-0.1, -0.05) is 76.8 Å². The van der Waals surface area contributed by atoms with Crippen molar-refractivity contribution in [3.63, 3.8) is 0 Å². The molecule has 1 nitrogen and oxygen atoms in total. The molecule has 0 radical (unpaired) electrons. The number of fused-ring (bicyclic) bond motifs is 2. The van der Waals surface area contributed by atoms with Crippen LogP contribution in [0.15, 0.2) is 48.5 Å². The monoisotopic (exact) mass is 389 g/mol. The van der Waals surface area contributed by atoms with E-state index in [2.05, 4.69) is 48.5 Å². The van der Waals surface area contributed by atoms with Gasteiger partial charge in [-0.25, -0.2) is 4.98 Å². The summed E-state index contributed by atoms with van der Waals surface area (Å²) >= 11 is 0. The van der Waals surface area contributed by atoms with E-state index in [0.717, 1.165) is 16.8 Å². The first-order valence-electron chi connectivity index (χ1n) is 11.4. The summed E-state index contributed by atoms with van der Waals surface area (Å²) in [5, 5.41) is 2.68. The lowest BCUT2D eigenvalue weighted by Gasteiger charge is -2.39. The molecule has 2 saturated carbocycles. The highest BCUT2D eigenvalue weighted by Gasteiger charge is 2.31. The first-order valence-corrected chi connectivity index (χ1v) is 13.1. The Hall–Kier alpha value is -1.46. The number of para-hydroxylation sites is 1. The Morgan fingerprint density at radius 1 is 0.714 bits per heavy atom. The molecule has 0 N–H and O–H groups in total. The van der Waals surface area contributed by atoms with Crippen LogP contribution in [-0.4, -0.2) is 16.3 Å². The van der Waals surface area contributed by atoms with Crippen LogP contribution in [0.4, 0.5) is 0 Å². The maximum absolute atomic E-state index is 4.98. The Kier molecular flexibility index (Phi) is 5.63. The summed E-state index contributed by atoms with van der Waals surface area (Å²) in [5.41, 5.74) is 5.89. The van der Waals surface area contributed by atoms with Crippen LogP contribution in [0.25, 0.3) is 21.8 Å². The lowest BCUT2D eigenvalue weighted by Crippen LogP contribution is -2.21. The molecule has 0 aliphatic heterocycles. The van der Waals surface area contributed by atoms with Gasteiger partial charge in [-0.15, -0.1) is 0 Å². The van der Waals surface area contributed by atoms with Gasteiger partial charge in [-0.2, -0.15) is 0 Å². The van der Waals surface area contributed by atoms with Crippen LogP contribution < -0.4 is 0 Å². The molecule has 0 amide bonds. The largest absolute Gasteiger partial charge is 0.248 e. The zero-order chi connectivity index (χ0) is 18.8. The third kappa shape index (κ3) is 3.84. The lowest BCUT2D eigenvalue weighted by molar-refractivity contribution is 0.484. The van der Waals surface area contributed by atoms with E-state index in [1.54, 1.807) is 5.56 Å². The average molecular weight is 390 g/mol. The van der Waals surface area contributed by atoms with Crippen molar-refractivity contribution in [1.29, 1.82) is 0 Å². The van der Waals surface area contributed by atoms with Crippen molar-refractivity contribution in [2.24, 2.45) is 0 Å². The third-order valence-corrected chi connectivity index (χ3v) is 10.7. The Bertz CT molecular complexity index is 919. The Morgan fingerprint density at radius 3 is 2.07 bits per heavy atom. The molecule has 2 fully saturated rings. The molecule has 1 heterocycles. The predicted octanol–water partition coefficient (Wildman–Crippen LogP) is 8.04. The fourth-order valence-corrected chi connectivity index (χ4v) is 9.42. The van der Waals surface area contributed by atoms with Gasteiger partial charge >= 0.3 is 0 Å². The molecule has 5 rings (SSSR count). The minimum absolute atomic E-state index is 0.0825. The van der Waals surface area contributed by atoms with Crippen molar-refractivity contribution in [2.45, 2.75) is 81.7 Å². The lowest BCUT2D eigenvalue weighted by atomic mass is 9.99. The zero-order valence-electron chi connectivity index (χ0n) is 16.9. The van der Waals surface area contributed by atoms with E-state index >= 15 is 0 Å². The molecule has 2 aliphatic carbocycles. The van der Waals surface area contributed by atoms with Gasteiger partial charge in [0.2, 0.25) is 0 Å². The third-order valence-electron chi connectivity index (χ3n) is 7.09. The van der Waals surface area contributed by atoms with Gasteiger partial charge in [0.15, 0.2) is 0 Å². The minimum atomic E-state index is 0.0825. The highest BCUT2D eigenvalue weighted by atomic mass is 31.1. The second kappa shape index (κ2) is 8.50. The second-order valence-corrected chi connectivity index (χ2v) is 11.7. The number of rotatable bonds is 4. The van der Waals surface area contributed by atoms with Gasteiger partial charge in [0.25, 0.3) is 0 Å². The van der Waals surface area contributed by atoms with Gasteiger partial charge in [-0.3, -0.25) is 0 Å². The number of hydrogen-bond donors (Lipinski definition) is 0. The zero-order valence-corrected chi connectivity index (χ0v) is 17.8. The summed E-state index contributed by atoms with van der Waals surface area (Å²) < 4.78 is 0. The van der Waals surface area contributed by atoms with E-state index in [1.165, 1.54) is 86.7 Å².